The Balaban J connectivity index is 2.27. The summed E-state index contributed by atoms with van der Waals surface area (Å²) in [5, 5.41) is 15.0. The molecule has 1 saturated heterocycles. The Morgan fingerprint density at radius 2 is 2.05 bits per heavy atom. The number of carbonyl (C=O) groups excluding carboxylic acids is 1. The largest absolute Gasteiger partial charge is 0.480 e. The Labute approximate surface area is 126 Å². The van der Waals surface area contributed by atoms with Crippen LogP contribution in [0.3, 0.4) is 0 Å². The van der Waals surface area contributed by atoms with Gasteiger partial charge in [-0.2, -0.15) is 0 Å². The average Bonchev–Trinajstić information content (AvgIpc) is 2.49. The monoisotopic (exact) mass is 300 g/mol. The normalized spacial score (nSPS) is 17.2. The van der Waals surface area contributed by atoms with Crippen LogP contribution in [0.5, 0.6) is 0 Å². The van der Waals surface area contributed by atoms with Crippen LogP contribution in [-0.2, 0) is 4.79 Å². The fraction of sp³-hybridized carbons (Fsp3) is 0.857. The molecule has 1 atom stereocenters. The van der Waals surface area contributed by atoms with Crippen molar-refractivity contribution in [1.29, 1.82) is 0 Å². The number of hydrogen-bond acceptors (Lipinski definition) is 4. The van der Waals surface area contributed by atoms with Crippen molar-refractivity contribution >= 4 is 12.0 Å². The number of nitrogens with zero attached hydrogens (tertiary/aromatic N) is 2. The molecule has 0 spiro atoms. The Morgan fingerprint density at radius 1 is 1.38 bits per heavy atom. The van der Waals surface area contributed by atoms with Crippen LogP contribution in [0.25, 0.3) is 0 Å². The number of urea groups is 1. The van der Waals surface area contributed by atoms with E-state index in [4.69, 9.17) is 5.11 Å². The van der Waals surface area contributed by atoms with E-state index in [0.29, 0.717) is 6.54 Å². The van der Waals surface area contributed by atoms with Gasteiger partial charge in [0.2, 0.25) is 0 Å². The molecule has 0 saturated carbocycles. The van der Waals surface area contributed by atoms with E-state index in [0.717, 1.165) is 45.6 Å². The molecule has 7 heteroatoms. The molecule has 3 N–H and O–H groups in total. The molecule has 0 radical (unpaired) electrons. The van der Waals surface area contributed by atoms with Gasteiger partial charge in [-0.25, -0.2) is 4.79 Å². The maximum Gasteiger partial charge on any atom is 0.323 e. The summed E-state index contributed by atoms with van der Waals surface area (Å²) in [5.74, 6) is -0.980. The lowest BCUT2D eigenvalue weighted by Crippen LogP contribution is -2.48. The van der Waals surface area contributed by atoms with Gasteiger partial charge in [-0.1, -0.05) is 6.92 Å². The lowest BCUT2D eigenvalue weighted by molar-refractivity contribution is -0.138. The smallest absolute Gasteiger partial charge is 0.323 e. The molecule has 2 amide bonds. The molecular formula is C14H28N4O3. The molecule has 21 heavy (non-hydrogen) atoms. The number of amides is 2. The first-order chi connectivity index (χ1) is 10.0. The number of carboxylic acid groups (broad SMARTS) is 1. The highest BCUT2D eigenvalue weighted by atomic mass is 16.4. The summed E-state index contributed by atoms with van der Waals surface area (Å²) in [6.45, 7) is 9.23. The van der Waals surface area contributed by atoms with E-state index in [2.05, 4.69) is 15.5 Å². The second-order valence-electron chi connectivity index (χ2n) is 5.46. The van der Waals surface area contributed by atoms with E-state index in [9.17, 15) is 9.59 Å². The molecule has 1 rings (SSSR count). The van der Waals surface area contributed by atoms with Crippen molar-refractivity contribution in [3.63, 3.8) is 0 Å². The number of rotatable bonds is 8. The maximum absolute atomic E-state index is 12.1. The van der Waals surface area contributed by atoms with Crippen LogP contribution in [-0.4, -0.2) is 78.8 Å². The van der Waals surface area contributed by atoms with Crippen molar-refractivity contribution < 1.29 is 14.7 Å². The molecular weight excluding hydrogens is 272 g/mol. The van der Waals surface area contributed by atoms with Crippen LogP contribution in [0.2, 0.25) is 0 Å². The predicted molar refractivity (Wildman–Crippen MR) is 81.4 cm³/mol. The van der Waals surface area contributed by atoms with Gasteiger partial charge in [0.15, 0.2) is 0 Å². The third-order valence-corrected chi connectivity index (χ3v) is 3.83. The summed E-state index contributed by atoms with van der Waals surface area (Å²) in [6.07, 6.45) is 1.62. The summed E-state index contributed by atoms with van der Waals surface area (Å²) < 4.78 is 0. The minimum atomic E-state index is -0.980. The van der Waals surface area contributed by atoms with Crippen LogP contribution < -0.4 is 10.6 Å². The van der Waals surface area contributed by atoms with E-state index >= 15 is 0 Å². The molecule has 0 aliphatic carbocycles. The topological polar surface area (TPSA) is 84.9 Å². The highest BCUT2D eigenvalue weighted by molar-refractivity contribution is 5.80. The van der Waals surface area contributed by atoms with Gasteiger partial charge in [0.1, 0.15) is 6.54 Å². The Hall–Kier alpha value is -1.34. The average molecular weight is 300 g/mol. The van der Waals surface area contributed by atoms with Crippen molar-refractivity contribution in [2.24, 2.45) is 0 Å². The maximum atomic E-state index is 12.1. The van der Waals surface area contributed by atoms with Crippen molar-refractivity contribution in [3.8, 4) is 0 Å². The SMILES string of the molecule is CCC(C)N(CC(=O)O)C(=O)NCCCN1CCNCC1. The van der Waals surface area contributed by atoms with Gasteiger partial charge in [-0.3, -0.25) is 4.79 Å². The minimum absolute atomic E-state index is 0.0748. The quantitative estimate of drug-likeness (QED) is 0.557. The third-order valence-electron chi connectivity index (χ3n) is 3.83. The number of aliphatic carboxylic acids is 1. The zero-order valence-electron chi connectivity index (χ0n) is 13.1. The van der Waals surface area contributed by atoms with E-state index in [1.54, 1.807) is 0 Å². The van der Waals surface area contributed by atoms with Gasteiger partial charge in [-0.15, -0.1) is 0 Å². The highest BCUT2D eigenvalue weighted by Gasteiger charge is 2.21. The van der Waals surface area contributed by atoms with E-state index in [-0.39, 0.29) is 18.6 Å². The number of hydrogen-bond donors (Lipinski definition) is 3. The molecule has 1 fully saturated rings. The molecule has 7 nitrogen and oxygen atoms in total. The van der Waals surface area contributed by atoms with Crippen molar-refractivity contribution in [3.05, 3.63) is 0 Å². The summed E-state index contributed by atoms with van der Waals surface area (Å²) in [7, 11) is 0. The zero-order valence-corrected chi connectivity index (χ0v) is 13.1. The fourth-order valence-electron chi connectivity index (χ4n) is 2.33. The molecule has 0 aromatic heterocycles. The highest BCUT2D eigenvalue weighted by Crippen LogP contribution is 2.03. The lowest BCUT2D eigenvalue weighted by atomic mass is 10.2. The first kappa shape index (κ1) is 17.7. The molecule has 0 aromatic carbocycles. The van der Waals surface area contributed by atoms with E-state index in [1.165, 1.54) is 4.90 Å². The van der Waals surface area contributed by atoms with Crippen molar-refractivity contribution in [2.45, 2.75) is 32.7 Å². The zero-order chi connectivity index (χ0) is 15.7. The summed E-state index contributed by atoms with van der Waals surface area (Å²) in [5.41, 5.74) is 0. The predicted octanol–water partition coefficient (Wildman–Crippen LogP) is 0.176. The Kier molecular flexibility index (Phi) is 8.07. The van der Waals surface area contributed by atoms with Gasteiger partial charge in [0, 0.05) is 38.8 Å². The number of carbonyl (C=O) groups is 2. The summed E-state index contributed by atoms with van der Waals surface area (Å²) in [4.78, 5) is 26.6. The van der Waals surface area contributed by atoms with Crippen LogP contribution in [0.1, 0.15) is 26.7 Å². The van der Waals surface area contributed by atoms with Crippen LogP contribution in [0, 0.1) is 0 Å². The second kappa shape index (κ2) is 9.57. The molecule has 0 bridgehead atoms. The third kappa shape index (κ3) is 6.77. The second-order valence-corrected chi connectivity index (χ2v) is 5.46. The molecule has 0 aromatic rings. The van der Waals surface area contributed by atoms with Gasteiger partial charge in [0.05, 0.1) is 0 Å². The molecule has 1 heterocycles. The van der Waals surface area contributed by atoms with Gasteiger partial charge in [-0.05, 0) is 26.3 Å². The van der Waals surface area contributed by atoms with Crippen LogP contribution >= 0.6 is 0 Å². The summed E-state index contributed by atoms with van der Waals surface area (Å²) >= 11 is 0. The first-order valence-corrected chi connectivity index (χ1v) is 7.74. The minimum Gasteiger partial charge on any atom is -0.480 e. The van der Waals surface area contributed by atoms with Crippen molar-refractivity contribution in [2.75, 3.05) is 45.8 Å². The molecule has 122 valence electrons. The van der Waals surface area contributed by atoms with Crippen molar-refractivity contribution in [1.82, 2.24) is 20.4 Å². The number of nitrogens with one attached hydrogen (secondary N) is 2. The van der Waals surface area contributed by atoms with Gasteiger partial charge < -0.3 is 25.5 Å². The Bertz CT molecular complexity index is 332. The van der Waals surface area contributed by atoms with E-state index in [1.807, 2.05) is 13.8 Å². The van der Waals surface area contributed by atoms with E-state index < -0.39 is 5.97 Å². The number of piperazine rings is 1. The molecule has 1 aliphatic rings. The molecule has 1 aliphatic heterocycles. The summed E-state index contributed by atoms with van der Waals surface area (Å²) in [6, 6.07) is -0.360. The standard InChI is InChI=1S/C14H28N4O3/c1-3-12(2)18(11-13(19)20)14(21)16-5-4-8-17-9-6-15-7-10-17/h12,15H,3-11H2,1-2H3,(H,16,21)(H,19,20). The van der Waals surface area contributed by atoms with Gasteiger partial charge in [0.25, 0.3) is 0 Å². The first-order valence-electron chi connectivity index (χ1n) is 7.74. The van der Waals surface area contributed by atoms with Crippen LogP contribution in [0.4, 0.5) is 4.79 Å². The number of carboxylic acids is 1. The molecule has 1 unspecified atom stereocenters. The Morgan fingerprint density at radius 3 is 2.62 bits per heavy atom. The van der Waals surface area contributed by atoms with Crippen LogP contribution in [0.15, 0.2) is 0 Å². The fourth-order valence-corrected chi connectivity index (χ4v) is 2.33. The van der Waals surface area contributed by atoms with Gasteiger partial charge >= 0.3 is 12.0 Å². The lowest BCUT2D eigenvalue weighted by Gasteiger charge is -2.28.